The van der Waals surface area contributed by atoms with Crippen molar-refractivity contribution in [2.75, 3.05) is 18.8 Å². The van der Waals surface area contributed by atoms with E-state index in [2.05, 4.69) is 10.2 Å². The van der Waals surface area contributed by atoms with Crippen LogP contribution in [0.2, 0.25) is 0 Å². The number of aromatic nitrogens is 2. The first kappa shape index (κ1) is 13.6. The highest BCUT2D eigenvalue weighted by Crippen LogP contribution is 2.27. The molecule has 7 nitrogen and oxygen atoms in total. The molecule has 1 fully saturated rings. The van der Waals surface area contributed by atoms with Crippen molar-refractivity contribution < 1.29 is 13.9 Å². The Kier molecular flexibility index (Phi) is 3.64. The Balaban J connectivity index is 1.99. The normalized spacial score (nSPS) is 20.4. The van der Waals surface area contributed by atoms with Gasteiger partial charge in [-0.2, -0.15) is 0 Å². The first-order valence-corrected chi connectivity index (χ1v) is 6.42. The molecule has 1 saturated heterocycles. The molecule has 0 aromatic carbocycles. The Morgan fingerprint density at radius 1 is 1.47 bits per heavy atom. The van der Waals surface area contributed by atoms with Crippen LogP contribution in [-0.2, 0) is 4.74 Å². The summed E-state index contributed by atoms with van der Waals surface area (Å²) in [5, 5.41) is 7.53. The van der Waals surface area contributed by atoms with E-state index >= 15 is 0 Å². The van der Waals surface area contributed by atoms with Crippen LogP contribution in [0.15, 0.2) is 4.42 Å². The lowest BCUT2D eigenvalue weighted by Crippen LogP contribution is -2.42. The fraction of sp³-hybridized carbons (Fsp3) is 0.750. The summed E-state index contributed by atoms with van der Waals surface area (Å²) in [5.41, 5.74) is 4.93. The van der Waals surface area contributed by atoms with E-state index in [1.807, 2.05) is 20.8 Å². The molecule has 1 aliphatic heterocycles. The average Bonchev–Trinajstić information content (AvgIpc) is 2.74. The standard InChI is InChI=1S/C12H20N4O3/c1-12(2,3)19-11(17)16-6-4-5-8(7-16)9-14-15-10(13)18-9/h8H,4-7H2,1-3H3,(H2,13,15)/t8-/m1/s1. The molecule has 0 aliphatic carbocycles. The quantitative estimate of drug-likeness (QED) is 0.834. The number of ether oxygens (including phenoxy) is 1. The average molecular weight is 268 g/mol. The lowest BCUT2D eigenvalue weighted by atomic mass is 9.98. The van der Waals surface area contributed by atoms with Gasteiger partial charge in [0.15, 0.2) is 0 Å². The van der Waals surface area contributed by atoms with Gasteiger partial charge in [-0.1, -0.05) is 5.10 Å². The second-order valence-corrected chi connectivity index (χ2v) is 5.74. The SMILES string of the molecule is CC(C)(C)OC(=O)N1CCC[C@@H](c2nnc(N)o2)C1. The summed E-state index contributed by atoms with van der Waals surface area (Å²) >= 11 is 0. The fourth-order valence-corrected chi connectivity index (χ4v) is 2.08. The van der Waals surface area contributed by atoms with E-state index in [9.17, 15) is 4.79 Å². The van der Waals surface area contributed by atoms with Crippen molar-refractivity contribution in [3.05, 3.63) is 5.89 Å². The van der Waals surface area contributed by atoms with E-state index < -0.39 is 5.60 Å². The third-order valence-corrected chi connectivity index (χ3v) is 2.88. The minimum atomic E-state index is -0.487. The predicted molar refractivity (Wildman–Crippen MR) is 68.5 cm³/mol. The van der Waals surface area contributed by atoms with Gasteiger partial charge in [-0.25, -0.2) is 4.79 Å². The molecule has 19 heavy (non-hydrogen) atoms. The Morgan fingerprint density at radius 3 is 2.79 bits per heavy atom. The summed E-state index contributed by atoms with van der Waals surface area (Å²) in [6.45, 7) is 6.77. The molecule has 0 spiro atoms. The van der Waals surface area contributed by atoms with E-state index in [-0.39, 0.29) is 18.0 Å². The van der Waals surface area contributed by atoms with Crippen LogP contribution in [-0.4, -0.2) is 39.9 Å². The van der Waals surface area contributed by atoms with E-state index in [0.717, 1.165) is 12.8 Å². The van der Waals surface area contributed by atoms with Gasteiger partial charge < -0.3 is 19.8 Å². The second kappa shape index (κ2) is 5.07. The van der Waals surface area contributed by atoms with Gasteiger partial charge >= 0.3 is 12.1 Å². The molecule has 0 bridgehead atoms. The van der Waals surface area contributed by atoms with Crippen LogP contribution in [0.3, 0.4) is 0 Å². The van der Waals surface area contributed by atoms with Crippen molar-refractivity contribution in [1.29, 1.82) is 0 Å². The summed E-state index contributed by atoms with van der Waals surface area (Å²) in [6.07, 6.45) is 1.48. The highest BCUT2D eigenvalue weighted by Gasteiger charge is 2.30. The van der Waals surface area contributed by atoms with Crippen molar-refractivity contribution in [1.82, 2.24) is 15.1 Å². The van der Waals surface area contributed by atoms with Crippen molar-refractivity contribution in [3.63, 3.8) is 0 Å². The number of hydrogen-bond donors (Lipinski definition) is 1. The molecule has 1 aliphatic rings. The molecule has 0 unspecified atom stereocenters. The number of nitrogen functional groups attached to an aromatic ring is 1. The zero-order valence-electron chi connectivity index (χ0n) is 11.5. The minimum Gasteiger partial charge on any atom is -0.444 e. The summed E-state index contributed by atoms with van der Waals surface area (Å²) in [4.78, 5) is 13.7. The number of nitrogens with zero attached hydrogens (tertiary/aromatic N) is 3. The van der Waals surface area contributed by atoms with Crippen molar-refractivity contribution >= 4 is 12.1 Å². The van der Waals surface area contributed by atoms with Gasteiger partial charge in [0.25, 0.3) is 0 Å². The minimum absolute atomic E-state index is 0.0334. The zero-order valence-corrected chi connectivity index (χ0v) is 11.5. The molecule has 2 rings (SSSR count). The van der Waals surface area contributed by atoms with E-state index in [1.165, 1.54) is 0 Å². The van der Waals surface area contributed by atoms with Gasteiger partial charge in [-0.3, -0.25) is 0 Å². The van der Waals surface area contributed by atoms with E-state index in [4.69, 9.17) is 14.9 Å². The Morgan fingerprint density at radius 2 is 2.21 bits per heavy atom. The topological polar surface area (TPSA) is 94.5 Å². The predicted octanol–water partition coefficient (Wildman–Crippen LogP) is 1.77. The number of piperidine rings is 1. The van der Waals surface area contributed by atoms with Crippen LogP contribution in [0.4, 0.5) is 10.8 Å². The summed E-state index contributed by atoms with van der Waals surface area (Å²) in [6, 6.07) is 0.0596. The Hall–Kier alpha value is -1.79. The molecule has 0 radical (unpaired) electrons. The number of hydrogen-bond acceptors (Lipinski definition) is 6. The molecule has 0 saturated carbocycles. The monoisotopic (exact) mass is 268 g/mol. The maximum atomic E-state index is 12.0. The van der Waals surface area contributed by atoms with Gasteiger partial charge in [0.2, 0.25) is 5.89 Å². The molecular weight excluding hydrogens is 248 g/mol. The Labute approximate surface area is 112 Å². The molecule has 1 aromatic heterocycles. The van der Waals surface area contributed by atoms with Crippen LogP contribution < -0.4 is 5.73 Å². The smallest absolute Gasteiger partial charge is 0.410 e. The van der Waals surface area contributed by atoms with Gasteiger partial charge in [0.05, 0.1) is 5.92 Å². The largest absolute Gasteiger partial charge is 0.444 e. The maximum Gasteiger partial charge on any atom is 0.410 e. The summed E-state index contributed by atoms with van der Waals surface area (Å²) in [5.74, 6) is 0.525. The lowest BCUT2D eigenvalue weighted by molar-refractivity contribution is 0.0191. The first-order chi connectivity index (χ1) is 8.85. The highest BCUT2D eigenvalue weighted by atomic mass is 16.6. The Bertz CT molecular complexity index is 452. The van der Waals surface area contributed by atoms with Crippen LogP contribution in [0.1, 0.15) is 45.4 Å². The number of carbonyl (C=O) groups excluding carboxylic acids is 1. The lowest BCUT2D eigenvalue weighted by Gasteiger charge is -2.32. The van der Waals surface area contributed by atoms with Crippen LogP contribution >= 0.6 is 0 Å². The van der Waals surface area contributed by atoms with Crippen LogP contribution in [0.5, 0.6) is 0 Å². The molecule has 1 atom stereocenters. The van der Waals surface area contributed by atoms with E-state index in [1.54, 1.807) is 4.90 Å². The van der Waals surface area contributed by atoms with Crippen molar-refractivity contribution in [3.8, 4) is 0 Å². The maximum absolute atomic E-state index is 12.0. The van der Waals surface area contributed by atoms with Crippen molar-refractivity contribution in [2.45, 2.75) is 45.1 Å². The molecule has 7 heteroatoms. The number of carbonyl (C=O) groups is 1. The fourth-order valence-electron chi connectivity index (χ4n) is 2.08. The first-order valence-electron chi connectivity index (χ1n) is 6.42. The van der Waals surface area contributed by atoms with Crippen LogP contribution in [0, 0.1) is 0 Å². The highest BCUT2D eigenvalue weighted by molar-refractivity contribution is 5.68. The van der Waals surface area contributed by atoms with Gasteiger partial charge in [-0.15, -0.1) is 5.10 Å². The van der Waals surface area contributed by atoms with Crippen molar-refractivity contribution in [2.24, 2.45) is 0 Å². The number of rotatable bonds is 1. The molecule has 2 N–H and O–H groups in total. The number of nitrogens with two attached hydrogens (primary N) is 1. The second-order valence-electron chi connectivity index (χ2n) is 5.74. The van der Waals surface area contributed by atoms with Gasteiger partial charge in [0.1, 0.15) is 5.60 Å². The molecule has 1 aromatic rings. The third-order valence-electron chi connectivity index (χ3n) is 2.88. The van der Waals surface area contributed by atoms with Gasteiger partial charge in [-0.05, 0) is 33.6 Å². The number of anilines is 1. The molecule has 106 valence electrons. The van der Waals surface area contributed by atoms with Crippen LogP contribution in [0.25, 0.3) is 0 Å². The molecular formula is C12H20N4O3. The molecule has 2 heterocycles. The van der Waals surface area contributed by atoms with Gasteiger partial charge in [0, 0.05) is 13.1 Å². The summed E-state index contributed by atoms with van der Waals surface area (Å²) in [7, 11) is 0. The summed E-state index contributed by atoms with van der Waals surface area (Å²) < 4.78 is 10.6. The number of likely N-dealkylation sites (tertiary alicyclic amines) is 1. The number of amides is 1. The third kappa shape index (κ3) is 3.59. The molecule has 1 amide bonds. The zero-order chi connectivity index (χ0) is 14.0. The van der Waals surface area contributed by atoms with E-state index in [0.29, 0.717) is 19.0 Å².